The van der Waals surface area contributed by atoms with E-state index in [1.807, 2.05) is 25.7 Å². The molecule has 0 unspecified atom stereocenters. The monoisotopic (exact) mass is 589 g/mol. The molecule has 0 saturated carbocycles. The van der Waals surface area contributed by atoms with E-state index in [0.29, 0.717) is 36.2 Å². The number of aromatic nitrogens is 1. The number of alkyl carbamates (subject to hydrolysis) is 2. The van der Waals surface area contributed by atoms with E-state index >= 15 is 0 Å². The maximum atomic E-state index is 13.6. The van der Waals surface area contributed by atoms with Crippen molar-refractivity contribution in [2.45, 2.75) is 82.6 Å². The second kappa shape index (κ2) is 10.7. The van der Waals surface area contributed by atoms with Gasteiger partial charge in [0.2, 0.25) is 10.0 Å². The van der Waals surface area contributed by atoms with Gasteiger partial charge in [-0.15, -0.1) is 0 Å². The number of ether oxygens (including phenoxy) is 2. The van der Waals surface area contributed by atoms with Gasteiger partial charge in [0, 0.05) is 35.8 Å². The molecule has 2 fully saturated rings. The Morgan fingerprint density at radius 3 is 2.42 bits per heavy atom. The fraction of sp³-hybridized carbons (Fsp3) is 0.696. The van der Waals surface area contributed by atoms with Crippen LogP contribution in [0.1, 0.15) is 54.4 Å². The molecule has 2 aliphatic rings. The smallest absolute Gasteiger partial charge is 0.407 e. The summed E-state index contributed by atoms with van der Waals surface area (Å²) < 4.78 is 39.9. The van der Waals surface area contributed by atoms with Gasteiger partial charge in [-0.1, -0.05) is 0 Å². The van der Waals surface area contributed by atoms with Crippen molar-refractivity contribution in [2.75, 3.05) is 31.1 Å². The fourth-order valence-corrected chi connectivity index (χ4v) is 6.18. The number of carbonyl (C=O) groups excluding carboxylic acids is 2. The molecule has 11 nitrogen and oxygen atoms in total. The first-order chi connectivity index (χ1) is 16.5. The van der Waals surface area contributed by atoms with Gasteiger partial charge in [-0.05, 0) is 76.4 Å². The zero-order valence-electron chi connectivity index (χ0n) is 21.6. The number of nitrogens with one attached hydrogen (secondary N) is 2. The predicted molar refractivity (Wildman–Crippen MR) is 138 cm³/mol. The third-order valence-electron chi connectivity index (χ3n) is 5.48. The molecule has 1 aromatic heterocycles. The Hall–Kier alpha value is -2.12. The van der Waals surface area contributed by atoms with Crippen LogP contribution in [0.5, 0.6) is 0 Å². The molecule has 0 aromatic carbocycles. The highest BCUT2D eigenvalue weighted by atomic mass is 79.9. The number of nitrogens with zero attached hydrogens (tertiary/aromatic N) is 3. The van der Waals surface area contributed by atoms with Crippen molar-refractivity contribution >= 4 is 44.0 Å². The van der Waals surface area contributed by atoms with Gasteiger partial charge in [0.15, 0.2) is 0 Å². The van der Waals surface area contributed by atoms with E-state index in [1.54, 1.807) is 27.0 Å². The molecule has 2 amide bonds. The standard InChI is InChI=1S/C23H36BrN5O6S/c1-22(2,3)27-21(31)34-17-8-10-29(14-17)36(32,33)18-11-15(24)12-25-19(18)28-9-7-16(13-28)26-20(30)35-23(4,5)6/h11-12,16-17H,7-10,13-14H2,1-6H3,(H,26,30)(H,27,31)/t16-,17-/m0/s1. The lowest BCUT2D eigenvalue weighted by atomic mass is 10.1. The van der Waals surface area contributed by atoms with Gasteiger partial charge >= 0.3 is 12.2 Å². The SMILES string of the molecule is CC(C)(C)NC(=O)O[C@H]1CCN(S(=O)(=O)c2cc(Br)cnc2N2CC[C@H](NC(=O)OC(C)(C)C)C2)C1. The molecule has 1 aromatic rings. The number of anilines is 1. The summed E-state index contributed by atoms with van der Waals surface area (Å²) >= 11 is 3.34. The number of hydrogen-bond donors (Lipinski definition) is 2. The molecule has 2 atom stereocenters. The second-order valence-electron chi connectivity index (χ2n) is 11.1. The minimum absolute atomic E-state index is 0.0642. The number of sulfonamides is 1. The van der Waals surface area contributed by atoms with Gasteiger partial charge in [0.05, 0.1) is 12.6 Å². The Kier molecular flexibility index (Phi) is 8.46. The van der Waals surface area contributed by atoms with Crippen LogP contribution in [0.3, 0.4) is 0 Å². The van der Waals surface area contributed by atoms with Crippen LogP contribution in [-0.2, 0) is 19.5 Å². The summed E-state index contributed by atoms with van der Waals surface area (Å²) in [7, 11) is -3.92. The Labute approximate surface area is 221 Å². The zero-order chi connectivity index (χ0) is 26.9. The molecule has 2 N–H and O–H groups in total. The Morgan fingerprint density at radius 2 is 1.78 bits per heavy atom. The summed E-state index contributed by atoms with van der Waals surface area (Å²) in [4.78, 5) is 30.6. The number of hydrogen-bond acceptors (Lipinski definition) is 8. The summed E-state index contributed by atoms with van der Waals surface area (Å²) in [5, 5.41) is 5.57. The number of rotatable bonds is 5. The van der Waals surface area contributed by atoms with Gasteiger partial charge < -0.3 is 25.0 Å². The first-order valence-corrected chi connectivity index (χ1v) is 14.2. The van der Waals surface area contributed by atoms with Crippen molar-refractivity contribution in [2.24, 2.45) is 0 Å². The summed E-state index contributed by atoms with van der Waals surface area (Å²) in [5.74, 6) is 0.321. The Morgan fingerprint density at radius 1 is 1.08 bits per heavy atom. The number of amides is 2. The summed E-state index contributed by atoms with van der Waals surface area (Å²) in [6, 6.07) is 1.33. The molecule has 0 bridgehead atoms. The highest BCUT2D eigenvalue weighted by Gasteiger charge is 2.38. The van der Waals surface area contributed by atoms with Crippen molar-refractivity contribution in [3.63, 3.8) is 0 Å². The maximum Gasteiger partial charge on any atom is 0.407 e. The average Bonchev–Trinajstić information content (AvgIpc) is 3.35. The molecule has 202 valence electrons. The molecule has 0 spiro atoms. The Bertz CT molecular complexity index is 1090. The summed E-state index contributed by atoms with van der Waals surface area (Å²) in [5.41, 5.74) is -1.06. The Balaban J connectivity index is 1.71. The maximum absolute atomic E-state index is 13.6. The lowest BCUT2D eigenvalue weighted by Gasteiger charge is -2.25. The topological polar surface area (TPSA) is 130 Å². The van der Waals surface area contributed by atoms with Crippen LogP contribution in [0.25, 0.3) is 0 Å². The first kappa shape index (κ1) is 28.5. The molecule has 0 aliphatic carbocycles. The summed E-state index contributed by atoms with van der Waals surface area (Å²) in [6.45, 7) is 12.1. The van der Waals surface area contributed by atoms with Gasteiger partial charge in [0.25, 0.3) is 0 Å². The van der Waals surface area contributed by atoms with Crippen LogP contribution in [0.2, 0.25) is 0 Å². The molecule has 2 aliphatic heterocycles. The van der Waals surface area contributed by atoms with Crippen LogP contribution in [0.4, 0.5) is 15.4 Å². The third kappa shape index (κ3) is 7.69. The lowest BCUT2D eigenvalue weighted by molar-refractivity contribution is 0.0508. The normalized spacial score (nSPS) is 21.4. The quantitative estimate of drug-likeness (QED) is 0.535. The third-order valence-corrected chi connectivity index (χ3v) is 7.79. The largest absolute Gasteiger partial charge is 0.445 e. The van der Waals surface area contributed by atoms with Crippen molar-refractivity contribution in [3.8, 4) is 0 Å². The lowest BCUT2D eigenvalue weighted by Crippen LogP contribution is -2.42. The van der Waals surface area contributed by atoms with Crippen molar-refractivity contribution < 1.29 is 27.5 Å². The predicted octanol–water partition coefficient (Wildman–Crippen LogP) is 3.24. The minimum Gasteiger partial charge on any atom is -0.445 e. The highest BCUT2D eigenvalue weighted by molar-refractivity contribution is 9.10. The number of pyridine rings is 1. The second-order valence-corrected chi connectivity index (χ2v) is 13.9. The van der Waals surface area contributed by atoms with E-state index in [0.717, 1.165) is 0 Å². The molecule has 3 heterocycles. The highest BCUT2D eigenvalue weighted by Crippen LogP contribution is 2.32. The van der Waals surface area contributed by atoms with Gasteiger partial charge in [-0.3, -0.25) is 0 Å². The molecular formula is C23H36BrN5O6S. The van der Waals surface area contributed by atoms with Crippen LogP contribution in [0, 0.1) is 0 Å². The van der Waals surface area contributed by atoms with Gasteiger partial charge in [-0.2, -0.15) is 4.31 Å². The van der Waals surface area contributed by atoms with E-state index in [4.69, 9.17) is 9.47 Å². The van der Waals surface area contributed by atoms with Gasteiger partial charge in [0.1, 0.15) is 22.4 Å². The van der Waals surface area contributed by atoms with E-state index in [9.17, 15) is 18.0 Å². The van der Waals surface area contributed by atoms with E-state index in [-0.39, 0.29) is 24.0 Å². The summed E-state index contributed by atoms with van der Waals surface area (Å²) in [6.07, 6.45) is 0.954. The van der Waals surface area contributed by atoms with Crippen LogP contribution in [-0.4, -0.2) is 79.4 Å². The van der Waals surface area contributed by atoms with Crippen LogP contribution >= 0.6 is 15.9 Å². The van der Waals surface area contributed by atoms with Crippen molar-refractivity contribution in [3.05, 3.63) is 16.7 Å². The zero-order valence-corrected chi connectivity index (χ0v) is 24.0. The molecule has 0 radical (unpaired) electrons. The number of carbonyl (C=O) groups is 2. The molecular weight excluding hydrogens is 554 g/mol. The fourth-order valence-electron chi connectivity index (χ4n) is 4.02. The average molecular weight is 591 g/mol. The minimum atomic E-state index is -3.92. The van der Waals surface area contributed by atoms with E-state index < -0.39 is 39.5 Å². The van der Waals surface area contributed by atoms with E-state index in [2.05, 4.69) is 31.5 Å². The van der Waals surface area contributed by atoms with Crippen molar-refractivity contribution in [1.82, 2.24) is 19.9 Å². The molecule has 3 rings (SSSR count). The van der Waals surface area contributed by atoms with Crippen LogP contribution < -0.4 is 15.5 Å². The van der Waals surface area contributed by atoms with Crippen molar-refractivity contribution in [1.29, 1.82) is 0 Å². The molecule has 36 heavy (non-hydrogen) atoms. The number of halogens is 1. The molecule has 2 saturated heterocycles. The van der Waals surface area contributed by atoms with E-state index in [1.165, 1.54) is 10.4 Å². The van der Waals surface area contributed by atoms with Crippen LogP contribution in [0.15, 0.2) is 21.6 Å². The van der Waals surface area contributed by atoms with Gasteiger partial charge in [-0.25, -0.2) is 23.0 Å². The molecule has 13 heteroatoms. The first-order valence-electron chi connectivity index (χ1n) is 11.9.